The summed E-state index contributed by atoms with van der Waals surface area (Å²) in [4.78, 5) is 0. The number of ether oxygens (including phenoxy) is 2. The largest absolute Gasteiger partial charge is 0.461 e. The van der Waals surface area contributed by atoms with Crippen LogP contribution in [0.5, 0.6) is 5.75 Å². The summed E-state index contributed by atoms with van der Waals surface area (Å²) in [5, 5.41) is 29.4. The minimum Gasteiger partial charge on any atom is -0.461 e. The van der Waals surface area contributed by atoms with Gasteiger partial charge in [-0.1, -0.05) is 45.9 Å². The van der Waals surface area contributed by atoms with Crippen molar-refractivity contribution in [2.24, 2.45) is 0 Å². The van der Waals surface area contributed by atoms with Crippen LogP contribution in [0.3, 0.4) is 0 Å². The van der Waals surface area contributed by atoms with Gasteiger partial charge in [0.15, 0.2) is 0 Å². The Labute approximate surface area is 131 Å². The Kier molecular flexibility index (Phi) is 5.45. The minimum absolute atomic E-state index is 0.0657. The molecule has 0 aliphatic carbocycles. The second-order valence-corrected chi connectivity index (χ2v) is 6.44. The Morgan fingerprint density at radius 3 is 2.05 bits per heavy atom. The lowest BCUT2D eigenvalue weighted by molar-refractivity contribution is -0.242. The second kappa shape index (κ2) is 6.96. The number of hydrogen-bond donors (Lipinski definition) is 3. The van der Waals surface area contributed by atoms with E-state index in [4.69, 9.17) is 9.47 Å². The van der Waals surface area contributed by atoms with E-state index >= 15 is 0 Å². The van der Waals surface area contributed by atoms with Gasteiger partial charge in [-0.15, -0.1) is 0 Å². The molecule has 1 aliphatic heterocycles. The molecule has 2 rings (SSSR count). The average Bonchev–Trinajstić information content (AvgIpc) is 2.47. The van der Waals surface area contributed by atoms with Crippen molar-refractivity contribution in [1.29, 1.82) is 0 Å². The third-order valence-corrected chi connectivity index (χ3v) is 4.01. The Morgan fingerprint density at radius 2 is 1.55 bits per heavy atom. The van der Waals surface area contributed by atoms with E-state index in [1.54, 1.807) is 0 Å². The first-order valence-electron chi connectivity index (χ1n) is 7.78. The average molecular weight is 310 g/mol. The van der Waals surface area contributed by atoms with Crippen LogP contribution < -0.4 is 4.74 Å². The van der Waals surface area contributed by atoms with Crippen molar-refractivity contribution in [3.63, 3.8) is 0 Å². The molecule has 5 nitrogen and oxygen atoms in total. The van der Waals surface area contributed by atoms with Gasteiger partial charge in [0.1, 0.15) is 24.1 Å². The van der Waals surface area contributed by atoms with E-state index in [0.717, 1.165) is 11.1 Å². The molecule has 0 saturated carbocycles. The summed E-state index contributed by atoms with van der Waals surface area (Å²) < 4.78 is 11.3. The van der Waals surface area contributed by atoms with Crippen molar-refractivity contribution in [1.82, 2.24) is 0 Å². The molecule has 0 radical (unpaired) electrons. The van der Waals surface area contributed by atoms with Crippen molar-refractivity contribution < 1.29 is 24.8 Å². The maximum Gasteiger partial charge on any atom is 0.228 e. The molecule has 1 aliphatic rings. The van der Waals surface area contributed by atoms with Crippen LogP contribution in [0.4, 0.5) is 0 Å². The van der Waals surface area contributed by atoms with Gasteiger partial charge in [0.25, 0.3) is 0 Å². The molecule has 0 bridgehead atoms. The molecule has 1 saturated heterocycles. The van der Waals surface area contributed by atoms with E-state index in [9.17, 15) is 15.3 Å². The van der Waals surface area contributed by atoms with Gasteiger partial charge in [-0.25, -0.2) is 0 Å². The second-order valence-electron chi connectivity index (χ2n) is 6.44. The Bertz CT molecular complexity index is 474. The van der Waals surface area contributed by atoms with Crippen molar-refractivity contribution in [3.05, 3.63) is 29.3 Å². The van der Waals surface area contributed by atoms with E-state index in [-0.39, 0.29) is 18.4 Å². The summed E-state index contributed by atoms with van der Waals surface area (Å²) in [6.45, 7) is 8.22. The number of benzene rings is 1. The van der Waals surface area contributed by atoms with Crippen molar-refractivity contribution >= 4 is 0 Å². The van der Waals surface area contributed by atoms with Gasteiger partial charge in [0.05, 0.1) is 6.61 Å². The summed E-state index contributed by atoms with van der Waals surface area (Å²) >= 11 is 0. The molecule has 1 aromatic carbocycles. The zero-order valence-electron chi connectivity index (χ0n) is 13.6. The zero-order valence-corrected chi connectivity index (χ0v) is 13.6. The molecule has 0 amide bonds. The molecule has 22 heavy (non-hydrogen) atoms. The topological polar surface area (TPSA) is 79.2 Å². The summed E-state index contributed by atoms with van der Waals surface area (Å²) in [5.74, 6) is 1.20. The van der Waals surface area contributed by atoms with Gasteiger partial charge in [-0.05, 0) is 23.0 Å². The number of rotatable bonds is 4. The molecule has 0 spiro atoms. The molecular formula is C17H26O5. The summed E-state index contributed by atoms with van der Waals surface area (Å²) in [6.07, 6.45) is -4.65. The van der Waals surface area contributed by atoms with Gasteiger partial charge in [0.2, 0.25) is 6.29 Å². The SMILES string of the molecule is CC(C)c1cccc(C(C)C)c1OC1OCC(O)C(O)C1O. The first-order chi connectivity index (χ1) is 10.3. The lowest BCUT2D eigenvalue weighted by Crippen LogP contribution is -2.54. The standard InChI is InChI=1S/C17H26O5/c1-9(2)11-6-5-7-12(10(3)4)16(11)22-17-15(20)14(19)13(18)8-21-17/h5-7,9-10,13-15,17-20H,8H2,1-4H3. The van der Waals surface area contributed by atoms with Crippen LogP contribution in [0.25, 0.3) is 0 Å². The highest BCUT2D eigenvalue weighted by Gasteiger charge is 2.39. The van der Waals surface area contributed by atoms with Gasteiger partial charge in [-0.3, -0.25) is 0 Å². The molecular weight excluding hydrogens is 284 g/mol. The van der Waals surface area contributed by atoms with E-state index in [0.29, 0.717) is 5.75 Å². The first kappa shape index (κ1) is 17.2. The number of para-hydroxylation sites is 1. The molecule has 3 N–H and O–H groups in total. The zero-order chi connectivity index (χ0) is 16.4. The number of aliphatic hydroxyl groups is 3. The molecule has 124 valence electrons. The number of aliphatic hydroxyl groups excluding tert-OH is 3. The van der Waals surface area contributed by atoms with E-state index in [1.165, 1.54) is 0 Å². The Hall–Kier alpha value is -1.14. The Balaban J connectivity index is 2.32. The molecule has 5 heteroatoms. The quantitative estimate of drug-likeness (QED) is 0.789. The van der Waals surface area contributed by atoms with E-state index < -0.39 is 24.6 Å². The van der Waals surface area contributed by atoms with Crippen molar-refractivity contribution in [2.75, 3.05) is 6.61 Å². The van der Waals surface area contributed by atoms with Crippen LogP contribution in [-0.2, 0) is 4.74 Å². The Morgan fingerprint density at radius 1 is 1.00 bits per heavy atom. The van der Waals surface area contributed by atoms with Crippen LogP contribution in [0.15, 0.2) is 18.2 Å². The predicted molar refractivity (Wildman–Crippen MR) is 83.0 cm³/mol. The van der Waals surface area contributed by atoms with Gasteiger partial charge in [0, 0.05) is 0 Å². The highest BCUT2D eigenvalue weighted by Crippen LogP contribution is 2.36. The molecule has 4 atom stereocenters. The monoisotopic (exact) mass is 310 g/mol. The summed E-state index contributed by atoms with van der Waals surface area (Å²) in [7, 11) is 0. The fraction of sp³-hybridized carbons (Fsp3) is 0.647. The summed E-state index contributed by atoms with van der Waals surface area (Å²) in [5.41, 5.74) is 2.06. The lowest BCUT2D eigenvalue weighted by atomic mass is 9.94. The van der Waals surface area contributed by atoms with Crippen molar-refractivity contribution in [3.8, 4) is 5.75 Å². The molecule has 1 heterocycles. The maximum absolute atomic E-state index is 10.1. The lowest BCUT2D eigenvalue weighted by Gasteiger charge is -2.36. The highest BCUT2D eigenvalue weighted by atomic mass is 16.7. The predicted octanol–water partition coefficient (Wildman–Crippen LogP) is 1.75. The number of hydrogen-bond acceptors (Lipinski definition) is 5. The van der Waals surface area contributed by atoms with Crippen LogP contribution in [0, 0.1) is 0 Å². The third-order valence-electron chi connectivity index (χ3n) is 4.01. The normalized spacial score (nSPS) is 29.1. The fourth-order valence-electron chi connectivity index (χ4n) is 2.62. The molecule has 4 unspecified atom stereocenters. The van der Waals surface area contributed by atoms with E-state index in [2.05, 4.69) is 27.7 Å². The first-order valence-corrected chi connectivity index (χ1v) is 7.78. The van der Waals surface area contributed by atoms with Crippen LogP contribution in [0.1, 0.15) is 50.7 Å². The van der Waals surface area contributed by atoms with Crippen LogP contribution in [-0.4, -0.2) is 46.5 Å². The van der Waals surface area contributed by atoms with Crippen LogP contribution in [0.2, 0.25) is 0 Å². The van der Waals surface area contributed by atoms with Gasteiger partial charge < -0.3 is 24.8 Å². The maximum atomic E-state index is 10.1. The fourth-order valence-corrected chi connectivity index (χ4v) is 2.62. The van der Waals surface area contributed by atoms with Crippen molar-refractivity contribution in [2.45, 2.75) is 64.1 Å². The summed E-state index contributed by atoms with van der Waals surface area (Å²) in [6, 6.07) is 5.98. The molecule has 1 aromatic rings. The van der Waals surface area contributed by atoms with Gasteiger partial charge in [-0.2, -0.15) is 0 Å². The van der Waals surface area contributed by atoms with Gasteiger partial charge >= 0.3 is 0 Å². The van der Waals surface area contributed by atoms with E-state index in [1.807, 2.05) is 18.2 Å². The van der Waals surface area contributed by atoms with Crippen LogP contribution >= 0.6 is 0 Å². The smallest absolute Gasteiger partial charge is 0.228 e. The third kappa shape index (κ3) is 3.43. The molecule has 0 aromatic heterocycles. The highest BCUT2D eigenvalue weighted by molar-refractivity contribution is 5.45. The molecule has 1 fully saturated rings. The minimum atomic E-state index is -1.29.